The van der Waals surface area contributed by atoms with Gasteiger partial charge in [0.2, 0.25) is 0 Å². The fraction of sp³-hybridized carbons (Fsp3) is 0.550. The van der Waals surface area contributed by atoms with E-state index in [1.807, 2.05) is 0 Å². The van der Waals surface area contributed by atoms with Crippen LogP contribution in [0.3, 0.4) is 0 Å². The van der Waals surface area contributed by atoms with Crippen LogP contribution in [0.5, 0.6) is 0 Å². The minimum atomic E-state index is -1.16. The largest absolute Gasteiger partial charge is 0.480 e. The maximum Gasteiger partial charge on any atom is 0.408 e. The summed E-state index contributed by atoms with van der Waals surface area (Å²) in [5, 5.41) is 14.4. The maximum atomic E-state index is 11.9. The summed E-state index contributed by atoms with van der Waals surface area (Å²) in [6.07, 6.45) is -1.25. The van der Waals surface area contributed by atoms with Crippen molar-refractivity contribution in [2.75, 3.05) is 0 Å². The molecule has 0 saturated heterocycles. The van der Waals surface area contributed by atoms with E-state index in [1.165, 1.54) is 0 Å². The first-order valence-electron chi connectivity index (χ1n) is 9.02. The van der Waals surface area contributed by atoms with Crippen LogP contribution >= 0.6 is 0 Å². The second-order valence-electron chi connectivity index (χ2n) is 8.42. The van der Waals surface area contributed by atoms with Crippen molar-refractivity contribution in [3.63, 3.8) is 0 Å². The molecule has 8 nitrogen and oxygen atoms in total. The lowest BCUT2D eigenvalue weighted by molar-refractivity contribution is -0.139. The Balaban J connectivity index is 2.71. The van der Waals surface area contributed by atoms with Crippen LogP contribution in [0.4, 0.5) is 9.59 Å². The number of amides is 2. The van der Waals surface area contributed by atoms with Crippen LogP contribution in [-0.2, 0) is 27.2 Å². The standard InChI is InChI=1S/C20H30N2O6/c1-19(2,3)27-17(25)21-12-14-9-7-8-13(10-14)11-15(16(23)24)22-18(26)28-20(4,5)6/h7-10,15H,11-12H2,1-6H3,(H,21,25)(H,22,26)(H,23,24)/t15-/m0/s1. The van der Waals surface area contributed by atoms with Gasteiger partial charge >= 0.3 is 18.2 Å². The van der Waals surface area contributed by atoms with Crippen molar-refractivity contribution in [3.05, 3.63) is 35.4 Å². The minimum Gasteiger partial charge on any atom is -0.480 e. The molecule has 156 valence electrons. The molecule has 28 heavy (non-hydrogen) atoms. The van der Waals surface area contributed by atoms with Crippen molar-refractivity contribution in [3.8, 4) is 0 Å². The molecule has 2 amide bonds. The highest BCUT2D eigenvalue weighted by Crippen LogP contribution is 2.11. The number of benzene rings is 1. The van der Waals surface area contributed by atoms with E-state index in [-0.39, 0.29) is 13.0 Å². The van der Waals surface area contributed by atoms with Crippen LogP contribution in [0.1, 0.15) is 52.7 Å². The monoisotopic (exact) mass is 394 g/mol. The third-order valence-electron chi connectivity index (χ3n) is 3.26. The van der Waals surface area contributed by atoms with Crippen molar-refractivity contribution in [2.24, 2.45) is 0 Å². The molecule has 0 saturated carbocycles. The van der Waals surface area contributed by atoms with E-state index in [2.05, 4.69) is 10.6 Å². The van der Waals surface area contributed by atoms with E-state index in [1.54, 1.807) is 65.8 Å². The summed E-state index contributed by atoms with van der Waals surface area (Å²) in [6.45, 7) is 10.7. The van der Waals surface area contributed by atoms with Gasteiger partial charge in [-0.25, -0.2) is 14.4 Å². The van der Waals surface area contributed by atoms with Gasteiger partial charge in [-0.3, -0.25) is 0 Å². The molecular formula is C20H30N2O6. The lowest BCUT2D eigenvalue weighted by Crippen LogP contribution is -2.44. The third kappa shape index (κ3) is 9.80. The van der Waals surface area contributed by atoms with E-state index in [9.17, 15) is 19.5 Å². The van der Waals surface area contributed by atoms with Crippen molar-refractivity contribution >= 4 is 18.2 Å². The zero-order chi connectivity index (χ0) is 21.5. The minimum absolute atomic E-state index is 0.0782. The summed E-state index contributed by atoms with van der Waals surface area (Å²) >= 11 is 0. The van der Waals surface area contributed by atoms with Crippen LogP contribution in [0.2, 0.25) is 0 Å². The number of carbonyl (C=O) groups excluding carboxylic acids is 2. The zero-order valence-corrected chi connectivity index (χ0v) is 17.3. The van der Waals surface area contributed by atoms with Gasteiger partial charge in [0.15, 0.2) is 0 Å². The lowest BCUT2D eigenvalue weighted by atomic mass is 10.0. The van der Waals surface area contributed by atoms with Gasteiger partial charge in [-0.2, -0.15) is 0 Å². The fourth-order valence-corrected chi connectivity index (χ4v) is 2.24. The molecule has 0 aliphatic rings. The van der Waals surface area contributed by atoms with Crippen LogP contribution in [0.25, 0.3) is 0 Å². The molecule has 0 fully saturated rings. The SMILES string of the molecule is CC(C)(C)OC(=O)NCc1cccc(C[C@H](NC(=O)OC(C)(C)C)C(=O)O)c1. The second kappa shape index (κ2) is 9.43. The van der Waals surface area contributed by atoms with Gasteiger partial charge in [0.25, 0.3) is 0 Å². The molecule has 1 aromatic carbocycles. The van der Waals surface area contributed by atoms with Crippen LogP contribution in [0, 0.1) is 0 Å². The number of carboxylic acid groups (broad SMARTS) is 1. The fourth-order valence-electron chi connectivity index (χ4n) is 2.24. The van der Waals surface area contributed by atoms with E-state index in [0.717, 1.165) is 5.56 Å². The van der Waals surface area contributed by atoms with E-state index < -0.39 is 35.4 Å². The maximum absolute atomic E-state index is 11.9. The number of hydrogen-bond acceptors (Lipinski definition) is 5. The second-order valence-corrected chi connectivity index (χ2v) is 8.42. The normalized spacial score (nSPS) is 12.6. The third-order valence-corrected chi connectivity index (χ3v) is 3.26. The highest BCUT2D eigenvalue weighted by atomic mass is 16.6. The highest BCUT2D eigenvalue weighted by Gasteiger charge is 2.24. The summed E-state index contributed by atoms with van der Waals surface area (Å²) in [4.78, 5) is 35.1. The van der Waals surface area contributed by atoms with E-state index in [4.69, 9.17) is 9.47 Å². The number of alkyl carbamates (subject to hydrolysis) is 2. The van der Waals surface area contributed by atoms with Crippen LogP contribution in [0.15, 0.2) is 24.3 Å². The van der Waals surface area contributed by atoms with Gasteiger partial charge < -0.3 is 25.2 Å². The molecule has 1 rings (SSSR count). The van der Waals surface area contributed by atoms with Crippen LogP contribution in [-0.4, -0.2) is 40.5 Å². The number of carboxylic acids is 1. The molecule has 0 aliphatic heterocycles. The average Bonchev–Trinajstić information content (AvgIpc) is 2.49. The number of ether oxygens (including phenoxy) is 2. The predicted octanol–water partition coefficient (Wildman–Crippen LogP) is 3.23. The summed E-state index contributed by atoms with van der Waals surface area (Å²) in [7, 11) is 0. The number of nitrogens with one attached hydrogen (secondary N) is 2. The molecule has 0 spiro atoms. The molecule has 1 atom stereocenters. The smallest absolute Gasteiger partial charge is 0.408 e. The molecule has 3 N–H and O–H groups in total. The first-order chi connectivity index (χ1) is 12.7. The van der Waals surface area contributed by atoms with E-state index in [0.29, 0.717) is 5.56 Å². The summed E-state index contributed by atoms with van der Waals surface area (Å²) in [6, 6.07) is 5.95. The Morgan fingerprint density at radius 1 is 0.964 bits per heavy atom. The number of aliphatic carboxylic acids is 1. The van der Waals surface area contributed by atoms with Crippen molar-refractivity contribution in [1.82, 2.24) is 10.6 Å². The zero-order valence-electron chi connectivity index (χ0n) is 17.3. The summed E-state index contributed by atoms with van der Waals surface area (Å²) < 4.78 is 10.3. The van der Waals surface area contributed by atoms with Gasteiger partial charge in [0.05, 0.1) is 0 Å². The molecule has 0 unspecified atom stereocenters. The number of carbonyl (C=O) groups is 3. The number of hydrogen-bond donors (Lipinski definition) is 3. The molecule has 0 aromatic heterocycles. The molecular weight excluding hydrogens is 364 g/mol. The Morgan fingerprint density at radius 3 is 2.04 bits per heavy atom. The topological polar surface area (TPSA) is 114 Å². The Kier molecular flexibility index (Phi) is 7.84. The van der Waals surface area contributed by atoms with Crippen molar-refractivity contribution in [2.45, 2.75) is 71.8 Å². The van der Waals surface area contributed by atoms with Crippen LogP contribution < -0.4 is 10.6 Å². The molecule has 0 heterocycles. The van der Waals surface area contributed by atoms with Gasteiger partial charge in [-0.1, -0.05) is 24.3 Å². The summed E-state index contributed by atoms with van der Waals surface area (Å²) in [5.41, 5.74) is 0.172. The first-order valence-corrected chi connectivity index (χ1v) is 9.02. The molecule has 1 aromatic rings. The molecule has 0 bridgehead atoms. The molecule has 0 aliphatic carbocycles. The van der Waals surface area contributed by atoms with Gasteiger partial charge in [0.1, 0.15) is 17.2 Å². The predicted molar refractivity (Wildman–Crippen MR) is 104 cm³/mol. The Labute approximate surface area is 165 Å². The Morgan fingerprint density at radius 2 is 1.50 bits per heavy atom. The van der Waals surface area contributed by atoms with Gasteiger partial charge in [-0.05, 0) is 52.7 Å². The summed E-state index contributed by atoms with van der Waals surface area (Å²) in [5.74, 6) is -1.16. The van der Waals surface area contributed by atoms with Gasteiger partial charge in [-0.15, -0.1) is 0 Å². The van der Waals surface area contributed by atoms with Crippen molar-refractivity contribution in [1.29, 1.82) is 0 Å². The first kappa shape index (κ1) is 23.3. The average molecular weight is 394 g/mol. The Hall–Kier alpha value is -2.77. The molecule has 8 heteroatoms. The molecule has 0 radical (unpaired) electrons. The van der Waals surface area contributed by atoms with Crippen molar-refractivity contribution < 1.29 is 29.0 Å². The quantitative estimate of drug-likeness (QED) is 0.682. The Bertz CT molecular complexity index is 703. The van der Waals surface area contributed by atoms with E-state index >= 15 is 0 Å². The highest BCUT2D eigenvalue weighted by molar-refractivity contribution is 5.80. The number of rotatable bonds is 6. The van der Waals surface area contributed by atoms with Gasteiger partial charge in [0, 0.05) is 13.0 Å². The lowest BCUT2D eigenvalue weighted by Gasteiger charge is -2.22.